The van der Waals surface area contributed by atoms with Gasteiger partial charge in [0.05, 0.1) is 12.7 Å². The highest BCUT2D eigenvalue weighted by molar-refractivity contribution is 6.04. The number of carbonyl (C=O) groups excluding carboxylic acids is 1. The zero-order valence-corrected chi connectivity index (χ0v) is 13.5. The van der Waals surface area contributed by atoms with Crippen molar-refractivity contribution in [3.8, 4) is 11.1 Å². The molecule has 0 aliphatic heterocycles. The van der Waals surface area contributed by atoms with Crippen LogP contribution in [0.2, 0.25) is 0 Å². The van der Waals surface area contributed by atoms with E-state index in [0.717, 1.165) is 23.1 Å². The first-order valence-corrected chi connectivity index (χ1v) is 7.38. The fourth-order valence-corrected chi connectivity index (χ4v) is 2.65. The maximum Gasteiger partial charge on any atom is 0.340 e. The van der Waals surface area contributed by atoms with E-state index in [1.165, 1.54) is 12.7 Å². The van der Waals surface area contributed by atoms with Crippen LogP contribution in [0, 0.1) is 0 Å². The molecule has 0 spiro atoms. The Kier molecular flexibility index (Phi) is 4.12. The van der Waals surface area contributed by atoms with Gasteiger partial charge in [0.15, 0.2) is 0 Å². The molecule has 3 aromatic rings. The van der Waals surface area contributed by atoms with Gasteiger partial charge >= 0.3 is 5.97 Å². The minimum atomic E-state index is -0.364. The van der Waals surface area contributed by atoms with Crippen LogP contribution >= 0.6 is 0 Å². The SMILES string of the molecule is COC(=O)c1c[nH]c2ncc(-c3cccc(CN(C)C)c3)cc12. The molecule has 23 heavy (non-hydrogen) atoms. The number of benzene rings is 1. The number of hydrogen-bond donors (Lipinski definition) is 1. The van der Waals surface area contributed by atoms with Crippen LogP contribution in [0.25, 0.3) is 22.2 Å². The van der Waals surface area contributed by atoms with E-state index in [-0.39, 0.29) is 5.97 Å². The molecule has 5 heteroatoms. The number of pyridine rings is 1. The van der Waals surface area contributed by atoms with Crippen LogP contribution in [0.1, 0.15) is 15.9 Å². The van der Waals surface area contributed by atoms with Crippen molar-refractivity contribution in [3.63, 3.8) is 0 Å². The van der Waals surface area contributed by atoms with Crippen LogP contribution in [0.4, 0.5) is 0 Å². The van der Waals surface area contributed by atoms with Gasteiger partial charge in [-0.1, -0.05) is 18.2 Å². The molecule has 0 aliphatic carbocycles. The van der Waals surface area contributed by atoms with Crippen molar-refractivity contribution in [2.45, 2.75) is 6.54 Å². The smallest absolute Gasteiger partial charge is 0.340 e. The Balaban J connectivity index is 2.04. The number of carbonyl (C=O) groups is 1. The van der Waals surface area contributed by atoms with Gasteiger partial charge in [0.2, 0.25) is 0 Å². The number of nitrogens with one attached hydrogen (secondary N) is 1. The minimum absolute atomic E-state index is 0.364. The molecular weight excluding hydrogens is 290 g/mol. The van der Waals surface area contributed by atoms with Crippen LogP contribution in [0.15, 0.2) is 42.7 Å². The second-order valence-electron chi connectivity index (χ2n) is 5.75. The van der Waals surface area contributed by atoms with Gasteiger partial charge in [-0.15, -0.1) is 0 Å². The summed E-state index contributed by atoms with van der Waals surface area (Å²) in [5.74, 6) is -0.364. The summed E-state index contributed by atoms with van der Waals surface area (Å²) in [4.78, 5) is 21.4. The van der Waals surface area contributed by atoms with E-state index in [2.05, 4.69) is 27.0 Å². The predicted molar refractivity (Wildman–Crippen MR) is 90.3 cm³/mol. The van der Waals surface area contributed by atoms with E-state index in [9.17, 15) is 4.79 Å². The van der Waals surface area contributed by atoms with Crippen LogP contribution in [0.3, 0.4) is 0 Å². The molecular formula is C18H19N3O2. The number of hydrogen-bond acceptors (Lipinski definition) is 4. The van der Waals surface area contributed by atoms with Gasteiger partial charge in [-0.2, -0.15) is 0 Å². The van der Waals surface area contributed by atoms with Gasteiger partial charge in [-0.05, 0) is 37.4 Å². The van der Waals surface area contributed by atoms with Crippen molar-refractivity contribution in [3.05, 3.63) is 53.9 Å². The Bertz CT molecular complexity index is 852. The number of esters is 1. The Morgan fingerprint density at radius 2 is 2.09 bits per heavy atom. The number of aromatic nitrogens is 2. The Morgan fingerprint density at radius 3 is 2.83 bits per heavy atom. The average molecular weight is 309 g/mol. The van der Waals surface area contributed by atoms with Crippen LogP contribution in [0.5, 0.6) is 0 Å². The number of aromatic amines is 1. The zero-order chi connectivity index (χ0) is 16.4. The maximum atomic E-state index is 11.8. The monoisotopic (exact) mass is 309 g/mol. The highest BCUT2D eigenvalue weighted by Crippen LogP contribution is 2.26. The minimum Gasteiger partial charge on any atom is -0.465 e. The second kappa shape index (κ2) is 6.22. The number of ether oxygens (including phenoxy) is 1. The standard InChI is InChI=1S/C18H19N3O2/c1-21(2)11-12-5-4-6-13(7-12)14-8-15-16(18(22)23-3)10-20-17(15)19-9-14/h4-10H,11H2,1-3H3,(H,19,20). The molecule has 0 saturated heterocycles. The molecule has 5 nitrogen and oxygen atoms in total. The Hall–Kier alpha value is -2.66. The quantitative estimate of drug-likeness (QED) is 0.752. The molecule has 2 heterocycles. The topological polar surface area (TPSA) is 58.2 Å². The van der Waals surface area contributed by atoms with Gasteiger partial charge in [-0.3, -0.25) is 0 Å². The van der Waals surface area contributed by atoms with E-state index in [1.807, 2.05) is 38.5 Å². The third-order valence-corrected chi connectivity index (χ3v) is 3.70. The van der Waals surface area contributed by atoms with E-state index in [4.69, 9.17) is 4.74 Å². The van der Waals surface area contributed by atoms with Crippen LogP contribution in [-0.4, -0.2) is 42.0 Å². The normalized spacial score (nSPS) is 11.1. The molecule has 2 aromatic heterocycles. The molecule has 0 unspecified atom stereocenters. The second-order valence-corrected chi connectivity index (χ2v) is 5.75. The molecule has 118 valence electrons. The summed E-state index contributed by atoms with van der Waals surface area (Å²) in [6.45, 7) is 0.876. The third kappa shape index (κ3) is 3.10. The molecule has 0 atom stereocenters. The lowest BCUT2D eigenvalue weighted by molar-refractivity contribution is 0.0603. The van der Waals surface area contributed by atoms with E-state index in [1.54, 1.807) is 6.20 Å². The molecule has 0 saturated carbocycles. The molecule has 0 bridgehead atoms. The third-order valence-electron chi connectivity index (χ3n) is 3.70. The maximum absolute atomic E-state index is 11.8. The molecule has 0 aliphatic rings. The fourth-order valence-electron chi connectivity index (χ4n) is 2.65. The average Bonchev–Trinajstić information content (AvgIpc) is 2.97. The largest absolute Gasteiger partial charge is 0.465 e. The summed E-state index contributed by atoms with van der Waals surface area (Å²) >= 11 is 0. The summed E-state index contributed by atoms with van der Waals surface area (Å²) in [5, 5.41) is 0.771. The summed E-state index contributed by atoms with van der Waals surface area (Å²) in [7, 11) is 5.47. The lowest BCUT2D eigenvalue weighted by atomic mass is 10.0. The highest BCUT2D eigenvalue weighted by Gasteiger charge is 2.14. The van der Waals surface area contributed by atoms with E-state index >= 15 is 0 Å². The number of methoxy groups -OCH3 is 1. The highest BCUT2D eigenvalue weighted by atomic mass is 16.5. The number of fused-ring (bicyclic) bond motifs is 1. The number of H-pyrrole nitrogens is 1. The van der Waals surface area contributed by atoms with Crippen LogP contribution in [-0.2, 0) is 11.3 Å². The molecule has 0 amide bonds. The van der Waals surface area contributed by atoms with E-state index < -0.39 is 0 Å². The number of rotatable bonds is 4. The van der Waals surface area contributed by atoms with Crippen molar-refractivity contribution < 1.29 is 9.53 Å². The summed E-state index contributed by atoms with van der Waals surface area (Å²) < 4.78 is 4.82. The van der Waals surface area contributed by atoms with Crippen molar-refractivity contribution in [2.75, 3.05) is 21.2 Å². The van der Waals surface area contributed by atoms with Crippen LogP contribution < -0.4 is 0 Å². The first kappa shape index (κ1) is 15.2. The van der Waals surface area contributed by atoms with Gasteiger partial charge in [0, 0.05) is 29.9 Å². The van der Waals surface area contributed by atoms with E-state index in [0.29, 0.717) is 11.2 Å². The lowest BCUT2D eigenvalue weighted by Gasteiger charge is -2.11. The summed E-state index contributed by atoms with van der Waals surface area (Å²) in [6, 6.07) is 10.3. The van der Waals surface area contributed by atoms with Gasteiger partial charge < -0.3 is 14.6 Å². The van der Waals surface area contributed by atoms with Gasteiger partial charge in [0.1, 0.15) is 5.65 Å². The Labute approximate surface area is 134 Å². The molecule has 0 fully saturated rings. The Morgan fingerprint density at radius 1 is 1.26 bits per heavy atom. The molecule has 3 rings (SSSR count). The predicted octanol–water partition coefficient (Wildman–Crippen LogP) is 3.08. The van der Waals surface area contributed by atoms with Crippen molar-refractivity contribution in [1.82, 2.24) is 14.9 Å². The first-order chi connectivity index (χ1) is 11.1. The molecule has 1 N–H and O–H groups in total. The van der Waals surface area contributed by atoms with Crippen molar-refractivity contribution >= 4 is 17.0 Å². The summed E-state index contributed by atoms with van der Waals surface area (Å²) in [5.41, 5.74) is 4.47. The van der Waals surface area contributed by atoms with Gasteiger partial charge in [0.25, 0.3) is 0 Å². The molecule has 1 aromatic carbocycles. The number of nitrogens with zero attached hydrogens (tertiary/aromatic N) is 2. The summed E-state index contributed by atoms with van der Waals surface area (Å²) in [6.07, 6.45) is 3.45. The van der Waals surface area contributed by atoms with Gasteiger partial charge in [-0.25, -0.2) is 9.78 Å². The van der Waals surface area contributed by atoms with Crippen molar-refractivity contribution in [1.29, 1.82) is 0 Å². The lowest BCUT2D eigenvalue weighted by Crippen LogP contribution is -2.10. The van der Waals surface area contributed by atoms with Crippen molar-refractivity contribution in [2.24, 2.45) is 0 Å². The first-order valence-electron chi connectivity index (χ1n) is 7.38. The fraction of sp³-hybridized carbons (Fsp3) is 0.222. The zero-order valence-electron chi connectivity index (χ0n) is 13.5. The molecule has 0 radical (unpaired) electrons.